The summed E-state index contributed by atoms with van der Waals surface area (Å²) in [4.78, 5) is 0. The minimum atomic E-state index is 0.00833. The molecule has 0 fully saturated rings. The van der Waals surface area contributed by atoms with E-state index in [2.05, 4.69) is 0 Å². The van der Waals surface area contributed by atoms with Crippen LogP contribution in [0.4, 0.5) is 0 Å². The summed E-state index contributed by atoms with van der Waals surface area (Å²) in [5, 5.41) is 19.9. The molecule has 0 unspecified atom stereocenters. The molecule has 0 bridgehead atoms. The van der Waals surface area contributed by atoms with Crippen LogP contribution in [0.15, 0.2) is 53.0 Å². The van der Waals surface area contributed by atoms with Gasteiger partial charge in [-0.05, 0) is 35.9 Å². The Bertz CT molecular complexity index is 830. The average molecular weight is 296 g/mol. The van der Waals surface area contributed by atoms with Crippen LogP contribution in [0.1, 0.15) is 5.56 Å². The molecule has 0 saturated heterocycles. The highest BCUT2D eigenvalue weighted by Gasteiger charge is 2.11. The van der Waals surface area contributed by atoms with Gasteiger partial charge in [0.05, 0.1) is 19.3 Å². The number of fused-ring (bicyclic) bond motifs is 1. The molecule has 3 rings (SSSR count). The third kappa shape index (κ3) is 2.69. The van der Waals surface area contributed by atoms with E-state index in [0.717, 1.165) is 16.5 Å². The van der Waals surface area contributed by atoms with E-state index < -0.39 is 0 Å². The Hall–Kier alpha value is -2.72. The highest BCUT2D eigenvalue weighted by atomic mass is 16.5. The second-order valence-electron chi connectivity index (χ2n) is 4.88. The number of phenols is 1. The zero-order valence-electron chi connectivity index (χ0n) is 12.1. The van der Waals surface area contributed by atoms with Gasteiger partial charge in [-0.3, -0.25) is 0 Å². The second-order valence-corrected chi connectivity index (χ2v) is 4.88. The van der Waals surface area contributed by atoms with Gasteiger partial charge >= 0.3 is 0 Å². The lowest BCUT2D eigenvalue weighted by Gasteiger charge is -2.04. The number of methoxy groups -OCH3 is 1. The summed E-state index contributed by atoms with van der Waals surface area (Å²) in [7, 11) is 1.55. The van der Waals surface area contributed by atoms with E-state index in [4.69, 9.17) is 14.3 Å². The van der Waals surface area contributed by atoms with Gasteiger partial charge in [-0.2, -0.15) is 0 Å². The molecule has 112 valence electrons. The molecule has 0 aliphatic carbocycles. The molecule has 1 aromatic heterocycles. The SMILES string of the molecule is COc1ccc(-c2cc3cc(C=CCO)ccc3o2)c(O)c1. The maximum atomic E-state index is 10.1. The van der Waals surface area contributed by atoms with E-state index in [1.807, 2.05) is 30.3 Å². The molecule has 22 heavy (non-hydrogen) atoms. The number of phenolic OH excluding ortho intramolecular Hbond substituents is 1. The van der Waals surface area contributed by atoms with Crippen LogP contribution in [0, 0.1) is 0 Å². The number of aliphatic hydroxyl groups excluding tert-OH is 1. The number of aromatic hydroxyl groups is 1. The average Bonchev–Trinajstić information content (AvgIpc) is 2.95. The Morgan fingerprint density at radius 1 is 1.14 bits per heavy atom. The largest absolute Gasteiger partial charge is 0.507 e. The number of ether oxygens (including phenoxy) is 1. The first-order chi connectivity index (χ1) is 10.7. The van der Waals surface area contributed by atoms with Crippen LogP contribution in [-0.2, 0) is 0 Å². The fourth-order valence-corrected chi connectivity index (χ4v) is 2.33. The highest BCUT2D eigenvalue weighted by Crippen LogP contribution is 2.35. The number of furan rings is 1. The zero-order valence-corrected chi connectivity index (χ0v) is 12.1. The minimum absolute atomic E-state index is 0.00833. The van der Waals surface area contributed by atoms with Crippen molar-refractivity contribution in [3.63, 3.8) is 0 Å². The van der Waals surface area contributed by atoms with E-state index in [1.165, 1.54) is 0 Å². The van der Waals surface area contributed by atoms with Crippen LogP contribution >= 0.6 is 0 Å². The normalized spacial score (nSPS) is 11.4. The van der Waals surface area contributed by atoms with E-state index in [9.17, 15) is 5.11 Å². The summed E-state index contributed by atoms with van der Waals surface area (Å²) in [6, 6.07) is 12.7. The lowest BCUT2D eigenvalue weighted by atomic mass is 10.1. The predicted octanol–water partition coefficient (Wildman–Crippen LogP) is 3.82. The topological polar surface area (TPSA) is 62.8 Å². The number of rotatable bonds is 4. The van der Waals surface area contributed by atoms with Gasteiger partial charge in [-0.25, -0.2) is 0 Å². The minimum Gasteiger partial charge on any atom is -0.507 e. The molecule has 0 aliphatic rings. The maximum Gasteiger partial charge on any atom is 0.139 e. The van der Waals surface area contributed by atoms with Gasteiger partial charge in [-0.15, -0.1) is 0 Å². The van der Waals surface area contributed by atoms with Crippen molar-refractivity contribution < 1.29 is 19.4 Å². The molecular formula is C18H16O4. The highest BCUT2D eigenvalue weighted by molar-refractivity contribution is 5.86. The number of hydrogen-bond donors (Lipinski definition) is 2. The first kappa shape index (κ1) is 14.2. The monoisotopic (exact) mass is 296 g/mol. The molecule has 4 nitrogen and oxygen atoms in total. The van der Waals surface area contributed by atoms with Gasteiger partial charge in [0.15, 0.2) is 0 Å². The molecule has 0 spiro atoms. The summed E-state index contributed by atoms with van der Waals surface area (Å²) < 4.78 is 10.9. The molecule has 3 aromatic rings. The summed E-state index contributed by atoms with van der Waals surface area (Å²) >= 11 is 0. The number of hydrogen-bond acceptors (Lipinski definition) is 4. The number of benzene rings is 2. The molecular weight excluding hydrogens is 280 g/mol. The van der Waals surface area contributed by atoms with Gasteiger partial charge in [0.1, 0.15) is 22.8 Å². The van der Waals surface area contributed by atoms with Crippen LogP contribution in [0.5, 0.6) is 11.5 Å². The van der Waals surface area contributed by atoms with Gasteiger partial charge in [-0.1, -0.05) is 18.2 Å². The van der Waals surface area contributed by atoms with Crippen molar-refractivity contribution in [3.8, 4) is 22.8 Å². The van der Waals surface area contributed by atoms with Gasteiger partial charge in [0.2, 0.25) is 0 Å². The first-order valence-electron chi connectivity index (χ1n) is 6.89. The lowest BCUT2D eigenvalue weighted by Crippen LogP contribution is -1.83. The van der Waals surface area contributed by atoms with Gasteiger partial charge < -0.3 is 19.4 Å². The molecule has 2 aromatic carbocycles. The molecule has 1 heterocycles. The van der Waals surface area contributed by atoms with Crippen molar-refractivity contribution in [2.24, 2.45) is 0 Å². The van der Waals surface area contributed by atoms with E-state index in [1.54, 1.807) is 31.4 Å². The molecule has 4 heteroatoms. The zero-order chi connectivity index (χ0) is 15.5. The molecule has 0 atom stereocenters. The van der Waals surface area contributed by atoms with Crippen molar-refractivity contribution in [1.82, 2.24) is 0 Å². The van der Waals surface area contributed by atoms with Crippen LogP contribution in [0.3, 0.4) is 0 Å². The Kier molecular flexibility index (Phi) is 3.85. The fraction of sp³-hybridized carbons (Fsp3) is 0.111. The van der Waals surface area contributed by atoms with Crippen molar-refractivity contribution >= 4 is 17.0 Å². The molecule has 0 amide bonds. The van der Waals surface area contributed by atoms with E-state index in [-0.39, 0.29) is 12.4 Å². The second kappa shape index (κ2) is 5.95. The smallest absolute Gasteiger partial charge is 0.139 e. The Morgan fingerprint density at radius 2 is 2.00 bits per heavy atom. The van der Waals surface area contributed by atoms with E-state index >= 15 is 0 Å². The summed E-state index contributed by atoms with van der Waals surface area (Å²) in [6.45, 7) is 0.00833. The fourth-order valence-electron chi connectivity index (χ4n) is 2.33. The standard InChI is InChI=1S/C18H16O4/c1-21-14-5-6-15(16(20)11-14)18-10-13-9-12(3-2-8-19)4-7-17(13)22-18/h2-7,9-11,19-20H,8H2,1H3. The first-order valence-corrected chi connectivity index (χ1v) is 6.89. The Balaban J connectivity index is 2.03. The maximum absolute atomic E-state index is 10.1. The number of aliphatic hydroxyl groups is 1. The molecule has 0 aliphatic heterocycles. The van der Waals surface area contributed by atoms with Crippen LogP contribution in [-0.4, -0.2) is 23.9 Å². The van der Waals surface area contributed by atoms with Crippen molar-refractivity contribution in [3.05, 3.63) is 54.1 Å². The van der Waals surface area contributed by atoms with Gasteiger partial charge in [0, 0.05) is 11.5 Å². The Morgan fingerprint density at radius 3 is 2.73 bits per heavy atom. The summed E-state index contributed by atoms with van der Waals surface area (Å²) in [5.74, 6) is 1.30. The molecule has 0 radical (unpaired) electrons. The van der Waals surface area contributed by atoms with Crippen LogP contribution < -0.4 is 4.74 Å². The van der Waals surface area contributed by atoms with Crippen molar-refractivity contribution in [1.29, 1.82) is 0 Å². The van der Waals surface area contributed by atoms with Crippen LogP contribution in [0.2, 0.25) is 0 Å². The van der Waals surface area contributed by atoms with Gasteiger partial charge in [0.25, 0.3) is 0 Å². The molecule has 0 saturated carbocycles. The predicted molar refractivity (Wildman–Crippen MR) is 86.0 cm³/mol. The third-order valence-electron chi connectivity index (χ3n) is 3.43. The lowest BCUT2D eigenvalue weighted by molar-refractivity contribution is 0.343. The third-order valence-corrected chi connectivity index (χ3v) is 3.43. The Labute approximate surface area is 127 Å². The van der Waals surface area contributed by atoms with E-state index in [0.29, 0.717) is 17.1 Å². The molecule has 2 N–H and O–H groups in total. The summed E-state index contributed by atoms with van der Waals surface area (Å²) in [5.41, 5.74) is 2.34. The van der Waals surface area contributed by atoms with Crippen molar-refractivity contribution in [2.45, 2.75) is 0 Å². The van der Waals surface area contributed by atoms with Crippen LogP contribution in [0.25, 0.3) is 28.4 Å². The quantitative estimate of drug-likeness (QED) is 0.768. The summed E-state index contributed by atoms with van der Waals surface area (Å²) in [6.07, 6.45) is 3.52. The van der Waals surface area contributed by atoms with Crippen molar-refractivity contribution in [2.75, 3.05) is 13.7 Å².